The van der Waals surface area contributed by atoms with Gasteiger partial charge < -0.3 is 0 Å². The molecule has 17 heavy (non-hydrogen) atoms. The predicted molar refractivity (Wildman–Crippen MR) is 62.1 cm³/mol. The fourth-order valence-electron chi connectivity index (χ4n) is 1.60. The third kappa shape index (κ3) is 1.55. The standard InChI is InChI=1S/C11H7N5O/c17-14-8-5-6-11(12-7-8)16-10-4-2-1-3-9(10)13-15-16/h1-7H. The van der Waals surface area contributed by atoms with Crippen molar-refractivity contribution in [1.29, 1.82) is 0 Å². The van der Waals surface area contributed by atoms with E-state index in [4.69, 9.17) is 0 Å². The van der Waals surface area contributed by atoms with Gasteiger partial charge in [0.15, 0.2) is 5.82 Å². The van der Waals surface area contributed by atoms with Crippen LogP contribution in [-0.4, -0.2) is 20.0 Å². The van der Waals surface area contributed by atoms with E-state index in [1.54, 1.807) is 16.8 Å². The number of fused-ring (bicyclic) bond motifs is 1. The van der Waals surface area contributed by atoms with Crippen molar-refractivity contribution in [3.8, 4) is 5.82 Å². The van der Waals surface area contributed by atoms with Crippen molar-refractivity contribution < 1.29 is 0 Å². The van der Waals surface area contributed by atoms with Gasteiger partial charge in [0, 0.05) is 0 Å². The second-order valence-electron chi connectivity index (χ2n) is 3.46. The van der Waals surface area contributed by atoms with Crippen LogP contribution in [0, 0.1) is 4.91 Å². The number of nitroso groups, excluding NO2 is 1. The summed E-state index contributed by atoms with van der Waals surface area (Å²) in [5, 5.41) is 10.8. The van der Waals surface area contributed by atoms with E-state index in [9.17, 15) is 4.91 Å². The fourth-order valence-corrected chi connectivity index (χ4v) is 1.60. The lowest BCUT2D eigenvalue weighted by Gasteiger charge is -1.99. The summed E-state index contributed by atoms with van der Waals surface area (Å²) in [7, 11) is 0. The van der Waals surface area contributed by atoms with Crippen LogP contribution in [0.3, 0.4) is 0 Å². The quantitative estimate of drug-likeness (QED) is 0.627. The summed E-state index contributed by atoms with van der Waals surface area (Å²) in [6, 6.07) is 10.9. The van der Waals surface area contributed by atoms with Gasteiger partial charge >= 0.3 is 0 Å². The Morgan fingerprint density at radius 1 is 1.12 bits per heavy atom. The van der Waals surface area contributed by atoms with Crippen LogP contribution in [0.2, 0.25) is 0 Å². The van der Waals surface area contributed by atoms with Crippen LogP contribution in [-0.2, 0) is 0 Å². The smallest absolute Gasteiger partial charge is 0.155 e. The molecule has 2 heterocycles. The number of pyridine rings is 1. The van der Waals surface area contributed by atoms with Gasteiger partial charge in [0.25, 0.3) is 0 Å². The molecular formula is C11H7N5O. The third-order valence-corrected chi connectivity index (χ3v) is 2.41. The first-order valence-corrected chi connectivity index (χ1v) is 4.99. The maximum Gasteiger partial charge on any atom is 0.155 e. The molecule has 0 saturated heterocycles. The molecule has 0 N–H and O–H groups in total. The molecule has 6 heteroatoms. The van der Waals surface area contributed by atoms with Crippen molar-refractivity contribution in [3.63, 3.8) is 0 Å². The number of para-hydroxylation sites is 1. The monoisotopic (exact) mass is 225 g/mol. The van der Waals surface area contributed by atoms with Crippen molar-refractivity contribution in [3.05, 3.63) is 47.5 Å². The van der Waals surface area contributed by atoms with Gasteiger partial charge in [-0.3, -0.25) is 0 Å². The molecule has 2 aromatic heterocycles. The number of benzene rings is 1. The molecule has 1 aromatic carbocycles. The number of aromatic nitrogens is 4. The van der Waals surface area contributed by atoms with Crippen molar-refractivity contribution in [2.24, 2.45) is 5.18 Å². The summed E-state index contributed by atoms with van der Waals surface area (Å²) in [5.74, 6) is 0.603. The molecule has 0 spiro atoms. The minimum absolute atomic E-state index is 0.290. The maximum absolute atomic E-state index is 10.3. The number of rotatable bonds is 2. The van der Waals surface area contributed by atoms with E-state index in [-0.39, 0.29) is 5.69 Å². The van der Waals surface area contributed by atoms with Gasteiger partial charge in [-0.1, -0.05) is 17.3 Å². The molecule has 0 aliphatic carbocycles. The average molecular weight is 225 g/mol. The van der Waals surface area contributed by atoms with Gasteiger partial charge in [-0.2, -0.15) is 4.68 Å². The number of hydrogen-bond acceptors (Lipinski definition) is 5. The summed E-state index contributed by atoms with van der Waals surface area (Å²) < 4.78 is 1.61. The molecule has 0 amide bonds. The molecule has 0 atom stereocenters. The van der Waals surface area contributed by atoms with Crippen LogP contribution in [0.15, 0.2) is 47.8 Å². The van der Waals surface area contributed by atoms with Gasteiger partial charge in [-0.05, 0) is 29.4 Å². The highest BCUT2D eigenvalue weighted by Gasteiger charge is 2.06. The minimum Gasteiger partial charge on any atom is -0.235 e. The third-order valence-electron chi connectivity index (χ3n) is 2.41. The Bertz CT molecular complexity index is 674. The van der Waals surface area contributed by atoms with Crippen molar-refractivity contribution in [2.45, 2.75) is 0 Å². The molecular weight excluding hydrogens is 218 g/mol. The number of nitrogens with zero attached hydrogens (tertiary/aromatic N) is 5. The van der Waals surface area contributed by atoms with E-state index in [1.165, 1.54) is 6.20 Å². The summed E-state index contributed by atoms with van der Waals surface area (Å²) in [6.07, 6.45) is 1.40. The van der Waals surface area contributed by atoms with Gasteiger partial charge in [-0.25, -0.2) is 4.98 Å². The first kappa shape index (κ1) is 9.59. The van der Waals surface area contributed by atoms with Crippen molar-refractivity contribution in [2.75, 3.05) is 0 Å². The molecule has 0 fully saturated rings. The van der Waals surface area contributed by atoms with Crippen LogP contribution in [0.5, 0.6) is 0 Å². The SMILES string of the molecule is O=Nc1ccc(-n2nnc3ccccc32)nc1. The lowest BCUT2D eigenvalue weighted by Crippen LogP contribution is -1.98. The highest BCUT2D eigenvalue weighted by Crippen LogP contribution is 2.16. The predicted octanol–water partition coefficient (Wildman–Crippen LogP) is 2.21. The molecule has 0 bridgehead atoms. The van der Waals surface area contributed by atoms with Gasteiger partial charge in [0.2, 0.25) is 0 Å². The molecule has 82 valence electrons. The van der Waals surface area contributed by atoms with E-state index in [0.717, 1.165) is 11.0 Å². The highest BCUT2D eigenvalue weighted by atomic mass is 16.3. The van der Waals surface area contributed by atoms with Crippen LogP contribution in [0.4, 0.5) is 5.69 Å². The Hall–Kier alpha value is -2.63. The zero-order valence-corrected chi connectivity index (χ0v) is 8.69. The second-order valence-corrected chi connectivity index (χ2v) is 3.46. The Labute approximate surface area is 95.9 Å². The zero-order valence-electron chi connectivity index (χ0n) is 8.69. The Morgan fingerprint density at radius 3 is 2.76 bits per heavy atom. The summed E-state index contributed by atoms with van der Waals surface area (Å²) in [4.78, 5) is 14.4. The van der Waals surface area contributed by atoms with E-state index >= 15 is 0 Å². The summed E-state index contributed by atoms with van der Waals surface area (Å²) in [6.45, 7) is 0. The first-order chi connectivity index (χ1) is 8.38. The van der Waals surface area contributed by atoms with Gasteiger partial charge in [-0.15, -0.1) is 10.0 Å². The van der Waals surface area contributed by atoms with Crippen LogP contribution < -0.4 is 0 Å². The van der Waals surface area contributed by atoms with Crippen LogP contribution >= 0.6 is 0 Å². The highest BCUT2D eigenvalue weighted by molar-refractivity contribution is 5.75. The molecule has 3 aromatic rings. The summed E-state index contributed by atoms with van der Waals surface area (Å²) in [5.41, 5.74) is 1.96. The Balaban J connectivity index is 2.16. The largest absolute Gasteiger partial charge is 0.235 e. The molecule has 0 aliphatic heterocycles. The second kappa shape index (κ2) is 3.75. The van der Waals surface area contributed by atoms with E-state index < -0.39 is 0 Å². The van der Waals surface area contributed by atoms with Gasteiger partial charge in [0.1, 0.15) is 11.2 Å². The minimum atomic E-state index is 0.290. The molecule has 0 aliphatic rings. The normalized spacial score (nSPS) is 10.6. The zero-order chi connectivity index (χ0) is 11.7. The van der Waals surface area contributed by atoms with Crippen LogP contribution in [0.25, 0.3) is 16.9 Å². The molecule has 0 saturated carbocycles. The van der Waals surface area contributed by atoms with Crippen molar-refractivity contribution in [1.82, 2.24) is 20.0 Å². The molecule has 0 unspecified atom stereocenters. The van der Waals surface area contributed by atoms with E-state index in [2.05, 4.69) is 20.5 Å². The van der Waals surface area contributed by atoms with E-state index in [1.807, 2.05) is 24.3 Å². The summed E-state index contributed by atoms with van der Waals surface area (Å²) >= 11 is 0. The lowest BCUT2D eigenvalue weighted by molar-refractivity contribution is 0.801. The first-order valence-electron chi connectivity index (χ1n) is 4.99. The number of hydrogen-bond donors (Lipinski definition) is 0. The van der Waals surface area contributed by atoms with E-state index in [0.29, 0.717) is 5.82 Å². The van der Waals surface area contributed by atoms with Crippen molar-refractivity contribution >= 4 is 16.7 Å². The van der Waals surface area contributed by atoms with Crippen LogP contribution in [0.1, 0.15) is 0 Å². The fraction of sp³-hybridized carbons (Fsp3) is 0. The molecule has 3 rings (SSSR count). The van der Waals surface area contributed by atoms with Gasteiger partial charge in [0.05, 0.1) is 11.7 Å². The molecule has 6 nitrogen and oxygen atoms in total. The maximum atomic E-state index is 10.3. The lowest BCUT2D eigenvalue weighted by atomic mass is 10.3. The molecule has 0 radical (unpaired) electrons. The average Bonchev–Trinajstić information content (AvgIpc) is 2.83. The Kier molecular flexibility index (Phi) is 2.11. The Morgan fingerprint density at radius 2 is 2.00 bits per heavy atom. The topological polar surface area (TPSA) is 73.0 Å².